The van der Waals surface area contributed by atoms with Crippen LogP contribution in [0.1, 0.15) is 40.7 Å². The van der Waals surface area contributed by atoms with Gasteiger partial charge in [-0.05, 0) is 61.1 Å². The van der Waals surface area contributed by atoms with E-state index in [1.165, 1.54) is 0 Å². The lowest BCUT2D eigenvalue weighted by molar-refractivity contribution is -0.152. The Morgan fingerprint density at radius 2 is 1.57 bits per heavy atom. The number of aliphatic imine (C=N–C) groups is 1. The molecule has 8 nitrogen and oxygen atoms in total. The van der Waals surface area contributed by atoms with Crippen molar-refractivity contribution in [3.05, 3.63) is 95.6 Å². The molecule has 1 saturated heterocycles. The molecule has 3 aromatic rings. The van der Waals surface area contributed by atoms with E-state index in [0.717, 1.165) is 24.0 Å². The topological polar surface area (TPSA) is 86.7 Å². The van der Waals surface area contributed by atoms with Crippen LogP contribution in [0.3, 0.4) is 0 Å². The Morgan fingerprint density at radius 3 is 2.33 bits per heavy atom. The molecule has 0 aromatic heterocycles. The van der Waals surface area contributed by atoms with Crippen LogP contribution in [0.25, 0.3) is 0 Å². The largest absolute Gasteiger partial charge is 0.486 e. The minimum absolute atomic E-state index is 0.0269. The zero-order chi connectivity index (χ0) is 27.4. The zero-order valence-electron chi connectivity index (χ0n) is 22.3. The highest BCUT2D eigenvalue weighted by Crippen LogP contribution is 2.36. The van der Waals surface area contributed by atoms with Gasteiger partial charge in [0.25, 0.3) is 5.91 Å². The maximum atomic E-state index is 13.6. The van der Waals surface area contributed by atoms with Crippen LogP contribution in [0.4, 0.5) is 0 Å². The lowest BCUT2D eigenvalue weighted by atomic mass is 9.83. The number of rotatable bonds is 7. The maximum absolute atomic E-state index is 13.6. The molecule has 1 atom stereocenters. The number of hydrogen-bond donors (Lipinski definition) is 0. The van der Waals surface area contributed by atoms with E-state index in [2.05, 4.69) is 0 Å². The quantitative estimate of drug-likeness (QED) is 0.405. The average Bonchev–Trinajstić information content (AvgIpc) is 3.46. The number of hydrogen-bond acceptors (Lipinski definition) is 7. The number of fused-ring (bicyclic) bond motifs is 1. The van der Waals surface area contributed by atoms with Gasteiger partial charge in [-0.25, -0.2) is 9.79 Å². The molecule has 0 radical (unpaired) electrons. The van der Waals surface area contributed by atoms with Gasteiger partial charge in [0.05, 0.1) is 0 Å². The number of nitrogens with zero attached hydrogens (tertiary/aromatic N) is 2. The Bertz CT molecular complexity index is 1390. The van der Waals surface area contributed by atoms with Crippen molar-refractivity contribution in [3.8, 4) is 11.5 Å². The third-order valence-electron chi connectivity index (χ3n) is 7.69. The van der Waals surface area contributed by atoms with Crippen LogP contribution in [-0.2, 0) is 20.9 Å². The van der Waals surface area contributed by atoms with Crippen LogP contribution < -0.4 is 9.47 Å². The number of piperidine rings is 1. The molecule has 0 N–H and O–H groups in total. The summed E-state index contributed by atoms with van der Waals surface area (Å²) in [5.74, 6) is 1.52. The molecular weight excluding hydrogens is 508 g/mol. The van der Waals surface area contributed by atoms with Crippen molar-refractivity contribution in [2.24, 2.45) is 10.9 Å². The summed E-state index contributed by atoms with van der Waals surface area (Å²) in [4.78, 5) is 33.5. The standard InChI is InChI=1S/C32H32N2O6/c35-30(26-11-12-27-28(19-26)38-18-17-37-27)34-15-13-23(14-16-34)20-32(31(36)39-21-24-7-3-1-4-8-24)22-40-29(33-32)25-9-5-2-6-10-25/h1-12,19,23H,13-18,20-22H2/t32-/m1/s1. The van der Waals surface area contributed by atoms with Gasteiger partial charge >= 0.3 is 5.97 Å². The molecule has 0 spiro atoms. The Kier molecular flexibility index (Phi) is 7.40. The van der Waals surface area contributed by atoms with Gasteiger partial charge in [0, 0.05) is 24.2 Å². The molecule has 1 amide bonds. The zero-order valence-corrected chi connectivity index (χ0v) is 22.3. The van der Waals surface area contributed by atoms with Gasteiger partial charge in [-0.1, -0.05) is 48.5 Å². The van der Waals surface area contributed by atoms with Gasteiger partial charge in [-0.3, -0.25) is 4.79 Å². The summed E-state index contributed by atoms with van der Waals surface area (Å²) in [5, 5.41) is 0. The first-order chi connectivity index (χ1) is 19.6. The predicted octanol–water partition coefficient (Wildman–Crippen LogP) is 4.66. The fourth-order valence-electron chi connectivity index (χ4n) is 5.50. The second-order valence-corrected chi connectivity index (χ2v) is 10.5. The van der Waals surface area contributed by atoms with Crippen LogP contribution >= 0.6 is 0 Å². The lowest BCUT2D eigenvalue weighted by Gasteiger charge is -2.35. The third kappa shape index (κ3) is 5.52. The molecule has 3 aliphatic heterocycles. The van der Waals surface area contributed by atoms with Crippen LogP contribution in [-0.4, -0.2) is 61.1 Å². The minimum atomic E-state index is -1.12. The van der Waals surface area contributed by atoms with Gasteiger partial charge in [-0.15, -0.1) is 0 Å². The first-order valence-electron chi connectivity index (χ1n) is 13.8. The Labute approximate surface area is 233 Å². The molecule has 3 heterocycles. The number of esters is 1. The van der Waals surface area contributed by atoms with Crippen molar-refractivity contribution in [2.75, 3.05) is 32.9 Å². The van der Waals surface area contributed by atoms with Gasteiger partial charge < -0.3 is 23.8 Å². The molecule has 0 saturated carbocycles. The second kappa shape index (κ2) is 11.4. The predicted molar refractivity (Wildman–Crippen MR) is 149 cm³/mol. The molecule has 6 rings (SSSR count). The smallest absolute Gasteiger partial charge is 0.338 e. The molecule has 40 heavy (non-hydrogen) atoms. The van der Waals surface area contributed by atoms with Crippen molar-refractivity contribution in [1.82, 2.24) is 4.90 Å². The van der Waals surface area contributed by atoms with E-state index in [1.54, 1.807) is 18.2 Å². The van der Waals surface area contributed by atoms with Gasteiger partial charge in [-0.2, -0.15) is 0 Å². The van der Waals surface area contributed by atoms with Crippen molar-refractivity contribution in [3.63, 3.8) is 0 Å². The normalized spacial score (nSPS) is 20.4. The van der Waals surface area contributed by atoms with Crippen LogP contribution in [0.15, 0.2) is 83.9 Å². The fourth-order valence-corrected chi connectivity index (χ4v) is 5.50. The first-order valence-corrected chi connectivity index (χ1v) is 13.8. The second-order valence-electron chi connectivity index (χ2n) is 10.5. The molecule has 3 aliphatic rings. The van der Waals surface area contributed by atoms with Crippen molar-refractivity contribution in [2.45, 2.75) is 31.4 Å². The summed E-state index contributed by atoms with van der Waals surface area (Å²) in [6.45, 7) is 2.51. The summed E-state index contributed by atoms with van der Waals surface area (Å²) in [6.07, 6.45) is 2.03. The number of amides is 1. The number of carbonyl (C=O) groups is 2. The summed E-state index contributed by atoms with van der Waals surface area (Å²) in [5.41, 5.74) is 1.22. The average molecular weight is 541 g/mol. The van der Waals surface area contributed by atoms with Gasteiger partial charge in [0.15, 0.2) is 17.0 Å². The van der Waals surface area contributed by atoms with Crippen molar-refractivity contribution >= 4 is 17.8 Å². The first kappa shape index (κ1) is 25.9. The molecule has 0 bridgehead atoms. The van der Waals surface area contributed by atoms with E-state index in [0.29, 0.717) is 55.7 Å². The van der Waals surface area contributed by atoms with Crippen molar-refractivity contribution < 1.29 is 28.5 Å². The number of likely N-dealkylation sites (tertiary alicyclic amines) is 1. The highest BCUT2D eigenvalue weighted by atomic mass is 16.6. The van der Waals surface area contributed by atoms with E-state index in [1.807, 2.05) is 65.6 Å². The van der Waals surface area contributed by atoms with E-state index in [9.17, 15) is 9.59 Å². The SMILES string of the molecule is O=C(c1ccc2c(c1)OCCO2)N1CCC(C[C@]2(C(=O)OCc3ccccc3)COC(c3ccccc3)=N2)CC1. The highest BCUT2D eigenvalue weighted by molar-refractivity contribution is 5.99. The molecule has 3 aromatic carbocycles. The Morgan fingerprint density at radius 1 is 0.875 bits per heavy atom. The number of carbonyl (C=O) groups excluding carboxylic acids is 2. The molecule has 0 unspecified atom stereocenters. The minimum Gasteiger partial charge on any atom is -0.486 e. The maximum Gasteiger partial charge on any atom is 0.338 e. The van der Waals surface area contributed by atoms with Gasteiger partial charge in [0.2, 0.25) is 5.90 Å². The Hall–Kier alpha value is -4.33. The van der Waals surface area contributed by atoms with Crippen LogP contribution in [0.2, 0.25) is 0 Å². The van der Waals surface area contributed by atoms with E-state index in [4.69, 9.17) is 23.9 Å². The van der Waals surface area contributed by atoms with E-state index >= 15 is 0 Å². The summed E-state index contributed by atoms with van der Waals surface area (Å²) in [7, 11) is 0. The fraction of sp³-hybridized carbons (Fsp3) is 0.344. The monoisotopic (exact) mass is 540 g/mol. The van der Waals surface area contributed by atoms with Crippen LogP contribution in [0.5, 0.6) is 11.5 Å². The summed E-state index contributed by atoms with van der Waals surface area (Å²) >= 11 is 0. The highest BCUT2D eigenvalue weighted by Gasteiger charge is 2.48. The van der Waals surface area contributed by atoms with Gasteiger partial charge in [0.1, 0.15) is 26.4 Å². The number of ether oxygens (including phenoxy) is 4. The molecule has 0 aliphatic carbocycles. The molecule has 206 valence electrons. The molecule has 1 fully saturated rings. The summed E-state index contributed by atoms with van der Waals surface area (Å²) < 4.78 is 23.0. The van der Waals surface area contributed by atoms with Crippen molar-refractivity contribution in [1.29, 1.82) is 0 Å². The molecular formula is C32H32N2O6. The van der Waals surface area contributed by atoms with Crippen LogP contribution in [0, 0.1) is 5.92 Å². The van der Waals surface area contributed by atoms with E-state index in [-0.39, 0.29) is 31.0 Å². The summed E-state index contributed by atoms with van der Waals surface area (Å²) in [6, 6.07) is 24.6. The molecule has 8 heteroatoms. The Balaban J connectivity index is 1.14. The third-order valence-corrected chi connectivity index (χ3v) is 7.69. The number of benzene rings is 3. The lowest BCUT2D eigenvalue weighted by Crippen LogP contribution is -2.45. The van der Waals surface area contributed by atoms with E-state index < -0.39 is 5.54 Å².